The van der Waals surface area contributed by atoms with Crippen LogP contribution in [0.1, 0.15) is 30.5 Å². The summed E-state index contributed by atoms with van der Waals surface area (Å²) in [6, 6.07) is 9.16. The highest BCUT2D eigenvalue weighted by Gasteiger charge is 2.29. The molecule has 1 aromatic heterocycles. The Labute approximate surface area is 146 Å². The van der Waals surface area contributed by atoms with Gasteiger partial charge in [-0.25, -0.2) is 0 Å². The van der Waals surface area contributed by atoms with Crippen LogP contribution in [0.4, 0.5) is 5.82 Å². The SMILES string of the molecule is COc1ccc(-n2c(N)c(C#N)c3c(c2=O)COC(C(C)C)C3)cc1. The van der Waals surface area contributed by atoms with Crippen molar-refractivity contribution in [2.75, 3.05) is 12.8 Å². The first kappa shape index (κ1) is 17.1. The second-order valence-corrected chi connectivity index (χ2v) is 6.47. The summed E-state index contributed by atoms with van der Waals surface area (Å²) in [5, 5.41) is 9.64. The highest BCUT2D eigenvalue weighted by molar-refractivity contribution is 5.60. The quantitative estimate of drug-likeness (QED) is 0.927. The van der Waals surface area contributed by atoms with Crippen LogP contribution in [0.25, 0.3) is 5.69 Å². The Kier molecular flexibility index (Phi) is 4.51. The normalized spacial score (nSPS) is 16.4. The van der Waals surface area contributed by atoms with Gasteiger partial charge in [0.05, 0.1) is 31.1 Å². The molecule has 25 heavy (non-hydrogen) atoms. The third-order valence-corrected chi connectivity index (χ3v) is 4.66. The number of nitrogens with two attached hydrogens (primary N) is 1. The van der Waals surface area contributed by atoms with Crippen molar-refractivity contribution >= 4 is 5.82 Å². The predicted molar refractivity (Wildman–Crippen MR) is 94.8 cm³/mol. The minimum atomic E-state index is -0.237. The van der Waals surface area contributed by atoms with Crippen LogP contribution in [0, 0.1) is 17.2 Å². The molecule has 2 aromatic rings. The lowest BCUT2D eigenvalue weighted by Gasteiger charge is -2.29. The molecule has 1 aromatic carbocycles. The standard InChI is InChI=1S/C19H21N3O3/c1-11(2)17-8-14-15(9-20)18(21)22(19(23)16(14)10-25-17)12-4-6-13(24-3)7-5-12/h4-7,11,17H,8,10,21H2,1-3H3. The van der Waals surface area contributed by atoms with Gasteiger partial charge in [-0.05, 0) is 35.7 Å². The highest BCUT2D eigenvalue weighted by Crippen LogP contribution is 2.29. The van der Waals surface area contributed by atoms with Gasteiger partial charge < -0.3 is 15.2 Å². The second kappa shape index (κ2) is 6.61. The minimum Gasteiger partial charge on any atom is -0.497 e. The van der Waals surface area contributed by atoms with Gasteiger partial charge in [0.1, 0.15) is 17.6 Å². The smallest absolute Gasteiger partial charge is 0.262 e. The van der Waals surface area contributed by atoms with Gasteiger partial charge in [0.25, 0.3) is 5.56 Å². The Balaban J connectivity index is 2.19. The Morgan fingerprint density at radius 3 is 2.56 bits per heavy atom. The van der Waals surface area contributed by atoms with Crippen molar-refractivity contribution in [2.45, 2.75) is 33.0 Å². The number of ether oxygens (including phenoxy) is 2. The van der Waals surface area contributed by atoms with Gasteiger partial charge in [-0.1, -0.05) is 13.8 Å². The number of methoxy groups -OCH3 is 1. The summed E-state index contributed by atoms with van der Waals surface area (Å²) < 4.78 is 12.3. The summed E-state index contributed by atoms with van der Waals surface area (Å²) in [4.78, 5) is 13.0. The molecule has 0 amide bonds. The maximum atomic E-state index is 13.0. The molecule has 0 aliphatic carbocycles. The molecule has 6 nitrogen and oxygen atoms in total. The molecular formula is C19H21N3O3. The van der Waals surface area contributed by atoms with Gasteiger partial charge >= 0.3 is 0 Å². The van der Waals surface area contributed by atoms with Gasteiger partial charge in [0.15, 0.2) is 0 Å². The van der Waals surface area contributed by atoms with Gasteiger partial charge in [0, 0.05) is 12.0 Å². The fourth-order valence-corrected chi connectivity index (χ4v) is 3.16. The first-order valence-electron chi connectivity index (χ1n) is 8.20. The lowest BCUT2D eigenvalue weighted by atomic mass is 9.91. The van der Waals surface area contributed by atoms with Crippen molar-refractivity contribution in [1.82, 2.24) is 4.57 Å². The molecule has 1 atom stereocenters. The van der Waals surface area contributed by atoms with Gasteiger partial charge in [-0.2, -0.15) is 5.26 Å². The first-order valence-corrected chi connectivity index (χ1v) is 8.20. The average molecular weight is 339 g/mol. The summed E-state index contributed by atoms with van der Waals surface area (Å²) in [5.41, 5.74) is 8.16. The monoisotopic (exact) mass is 339 g/mol. The number of nitrogens with zero attached hydrogens (tertiary/aromatic N) is 2. The lowest BCUT2D eigenvalue weighted by molar-refractivity contribution is -0.00117. The van der Waals surface area contributed by atoms with Crippen LogP contribution in [0.5, 0.6) is 5.75 Å². The topological polar surface area (TPSA) is 90.3 Å². The second-order valence-electron chi connectivity index (χ2n) is 6.47. The third kappa shape index (κ3) is 2.87. The van der Waals surface area contributed by atoms with E-state index in [9.17, 15) is 10.1 Å². The molecule has 130 valence electrons. The lowest BCUT2D eigenvalue weighted by Crippen LogP contribution is -2.36. The Morgan fingerprint density at radius 2 is 2.00 bits per heavy atom. The molecule has 1 aliphatic heterocycles. The maximum absolute atomic E-state index is 13.0. The minimum absolute atomic E-state index is 0.0183. The average Bonchev–Trinajstić information content (AvgIpc) is 2.62. The van der Waals surface area contributed by atoms with Crippen molar-refractivity contribution in [1.29, 1.82) is 5.26 Å². The van der Waals surface area contributed by atoms with E-state index in [1.54, 1.807) is 31.4 Å². The molecule has 0 saturated heterocycles. The van der Waals surface area contributed by atoms with E-state index >= 15 is 0 Å². The van der Waals surface area contributed by atoms with Crippen LogP contribution in [0.15, 0.2) is 29.1 Å². The largest absolute Gasteiger partial charge is 0.497 e. The molecule has 6 heteroatoms. The fourth-order valence-electron chi connectivity index (χ4n) is 3.16. The van der Waals surface area contributed by atoms with Gasteiger partial charge in [-0.15, -0.1) is 0 Å². The van der Waals surface area contributed by atoms with Crippen molar-refractivity contribution in [3.8, 4) is 17.5 Å². The van der Waals surface area contributed by atoms with E-state index in [-0.39, 0.29) is 24.1 Å². The van der Waals surface area contributed by atoms with Crippen molar-refractivity contribution in [3.63, 3.8) is 0 Å². The molecule has 0 spiro atoms. The number of pyridine rings is 1. The third-order valence-electron chi connectivity index (χ3n) is 4.66. The van der Waals surface area contributed by atoms with E-state index < -0.39 is 0 Å². The Morgan fingerprint density at radius 1 is 1.32 bits per heavy atom. The molecule has 2 N–H and O–H groups in total. The first-order chi connectivity index (χ1) is 12.0. The summed E-state index contributed by atoms with van der Waals surface area (Å²) >= 11 is 0. The van der Waals surface area contributed by atoms with E-state index in [1.165, 1.54) is 4.57 Å². The number of fused-ring (bicyclic) bond motifs is 1. The van der Waals surface area contributed by atoms with E-state index in [2.05, 4.69) is 19.9 Å². The zero-order valence-electron chi connectivity index (χ0n) is 14.6. The molecule has 0 bridgehead atoms. The van der Waals surface area contributed by atoms with Crippen LogP contribution in [0.3, 0.4) is 0 Å². The number of nitriles is 1. The molecule has 0 fully saturated rings. The molecule has 1 aliphatic rings. The van der Waals surface area contributed by atoms with Crippen molar-refractivity contribution in [2.24, 2.45) is 5.92 Å². The number of aromatic nitrogens is 1. The van der Waals surface area contributed by atoms with Crippen molar-refractivity contribution < 1.29 is 9.47 Å². The van der Waals surface area contributed by atoms with Crippen LogP contribution < -0.4 is 16.0 Å². The Hall–Kier alpha value is -2.78. The van der Waals surface area contributed by atoms with E-state index in [0.717, 1.165) is 5.56 Å². The van der Waals surface area contributed by atoms with E-state index in [4.69, 9.17) is 15.2 Å². The van der Waals surface area contributed by atoms with Gasteiger partial charge in [0.2, 0.25) is 0 Å². The Bertz CT molecular complexity index is 892. The van der Waals surface area contributed by atoms with Crippen LogP contribution in [-0.2, 0) is 17.8 Å². The highest BCUT2D eigenvalue weighted by atomic mass is 16.5. The van der Waals surface area contributed by atoms with Crippen molar-refractivity contribution in [3.05, 3.63) is 51.3 Å². The number of rotatable bonds is 3. The number of hydrogen-bond acceptors (Lipinski definition) is 5. The van der Waals surface area contributed by atoms with Crippen LogP contribution >= 0.6 is 0 Å². The number of benzene rings is 1. The fraction of sp³-hybridized carbons (Fsp3) is 0.368. The number of nitrogen functional groups attached to an aromatic ring is 1. The zero-order valence-corrected chi connectivity index (χ0v) is 14.6. The molecule has 0 saturated carbocycles. The van der Waals surface area contributed by atoms with E-state index in [0.29, 0.717) is 34.9 Å². The maximum Gasteiger partial charge on any atom is 0.262 e. The molecule has 1 unspecified atom stereocenters. The molecular weight excluding hydrogens is 318 g/mol. The van der Waals surface area contributed by atoms with E-state index in [1.807, 2.05) is 0 Å². The number of hydrogen-bond donors (Lipinski definition) is 1. The predicted octanol–water partition coefficient (Wildman–Crippen LogP) is 2.40. The molecule has 3 rings (SSSR count). The molecule has 2 heterocycles. The number of anilines is 1. The van der Waals surface area contributed by atoms with Crippen LogP contribution in [0.2, 0.25) is 0 Å². The molecule has 0 radical (unpaired) electrons. The summed E-state index contributed by atoms with van der Waals surface area (Å²) in [7, 11) is 1.57. The van der Waals surface area contributed by atoms with Crippen LogP contribution in [-0.4, -0.2) is 17.8 Å². The summed E-state index contributed by atoms with van der Waals surface area (Å²) in [5.74, 6) is 1.14. The summed E-state index contributed by atoms with van der Waals surface area (Å²) in [6.45, 7) is 4.31. The zero-order chi connectivity index (χ0) is 18.1. The van der Waals surface area contributed by atoms with Gasteiger partial charge in [-0.3, -0.25) is 9.36 Å². The summed E-state index contributed by atoms with van der Waals surface area (Å²) in [6.07, 6.45) is 0.508.